The van der Waals surface area contributed by atoms with Crippen molar-refractivity contribution in [1.82, 2.24) is 5.16 Å². The van der Waals surface area contributed by atoms with Crippen molar-refractivity contribution in [1.29, 1.82) is 0 Å². The third-order valence-corrected chi connectivity index (χ3v) is 2.94. The molecule has 2 rings (SSSR count). The SMILES string of the molecule is CC(O)c1onc(-c2cccs2)c1C(=O)O. The molecule has 0 amide bonds. The number of carboxylic acids is 1. The van der Waals surface area contributed by atoms with Crippen molar-refractivity contribution in [3.63, 3.8) is 0 Å². The summed E-state index contributed by atoms with van der Waals surface area (Å²) in [5.74, 6) is -1.17. The zero-order chi connectivity index (χ0) is 11.7. The standard InChI is InChI=1S/C10H9NO4S/c1-5(12)9-7(10(13)14)8(11-15-9)6-3-2-4-16-6/h2-5,12H,1H3,(H,13,14). The summed E-state index contributed by atoms with van der Waals surface area (Å²) >= 11 is 1.37. The van der Waals surface area contributed by atoms with Crippen LogP contribution in [-0.4, -0.2) is 21.3 Å². The fourth-order valence-corrected chi connectivity index (χ4v) is 2.09. The molecule has 0 saturated heterocycles. The maximum absolute atomic E-state index is 11.1. The Morgan fingerprint density at radius 1 is 1.62 bits per heavy atom. The summed E-state index contributed by atoms with van der Waals surface area (Å²) in [7, 11) is 0. The lowest BCUT2D eigenvalue weighted by molar-refractivity contribution is 0.0685. The molecule has 2 aromatic rings. The molecule has 6 heteroatoms. The number of carbonyl (C=O) groups is 1. The quantitative estimate of drug-likeness (QED) is 0.857. The highest BCUT2D eigenvalue weighted by Gasteiger charge is 2.26. The Balaban J connectivity index is 2.59. The number of nitrogens with zero attached hydrogens (tertiary/aromatic N) is 1. The average Bonchev–Trinajstić information content (AvgIpc) is 2.85. The minimum Gasteiger partial charge on any atom is -0.477 e. The van der Waals surface area contributed by atoms with E-state index in [0.717, 1.165) is 0 Å². The van der Waals surface area contributed by atoms with E-state index < -0.39 is 12.1 Å². The van der Waals surface area contributed by atoms with Gasteiger partial charge in [0.2, 0.25) is 0 Å². The summed E-state index contributed by atoms with van der Waals surface area (Å²) in [5, 5.41) is 24.0. The first-order chi connectivity index (χ1) is 7.61. The molecule has 84 valence electrons. The van der Waals surface area contributed by atoms with Crippen LogP contribution in [0, 0.1) is 0 Å². The number of aromatic carboxylic acids is 1. The monoisotopic (exact) mass is 239 g/mol. The first kappa shape index (κ1) is 10.8. The van der Waals surface area contributed by atoms with Crippen molar-refractivity contribution >= 4 is 17.3 Å². The molecule has 2 heterocycles. The molecule has 16 heavy (non-hydrogen) atoms. The molecule has 5 nitrogen and oxygen atoms in total. The highest BCUT2D eigenvalue weighted by molar-refractivity contribution is 7.13. The third-order valence-electron chi connectivity index (χ3n) is 2.07. The minimum absolute atomic E-state index is 0.0177. The molecule has 0 fully saturated rings. The Morgan fingerprint density at radius 3 is 2.88 bits per heavy atom. The second kappa shape index (κ2) is 4.07. The van der Waals surface area contributed by atoms with Gasteiger partial charge in [-0.1, -0.05) is 11.2 Å². The second-order valence-electron chi connectivity index (χ2n) is 3.23. The van der Waals surface area contributed by atoms with Gasteiger partial charge in [0.15, 0.2) is 5.76 Å². The van der Waals surface area contributed by atoms with Gasteiger partial charge in [0.05, 0.1) is 4.88 Å². The number of carboxylic acid groups (broad SMARTS) is 1. The van der Waals surface area contributed by atoms with E-state index in [1.54, 1.807) is 12.1 Å². The zero-order valence-electron chi connectivity index (χ0n) is 8.38. The van der Waals surface area contributed by atoms with E-state index in [0.29, 0.717) is 4.88 Å². The number of aromatic nitrogens is 1. The maximum atomic E-state index is 11.1. The predicted octanol–water partition coefficient (Wildman–Crippen LogP) is 2.15. The lowest BCUT2D eigenvalue weighted by atomic mass is 10.1. The Labute approximate surface area is 94.9 Å². The van der Waals surface area contributed by atoms with E-state index in [9.17, 15) is 9.90 Å². The average molecular weight is 239 g/mol. The number of aliphatic hydroxyl groups excluding tert-OH is 1. The molecule has 2 N–H and O–H groups in total. The van der Waals surface area contributed by atoms with E-state index in [-0.39, 0.29) is 17.0 Å². The molecule has 1 atom stereocenters. The van der Waals surface area contributed by atoms with E-state index >= 15 is 0 Å². The number of thiophene rings is 1. The minimum atomic E-state index is -1.15. The predicted molar refractivity (Wildman–Crippen MR) is 57.4 cm³/mol. The Morgan fingerprint density at radius 2 is 2.38 bits per heavy atom. The van der Waals surface area contributed by atoms with Crippen LogP contribution in [0.2, 0.25) is 0 Å². The molecule has 0 aliphatic heterocycles. The van der Waals surface area contributed by atoms with Crippen LogP contribution in [0.1, 0.15) is 29.1 Å². The zero-order valence-corrected chi connectivity index (χ0v) is 9.19. The summed E-state index contributed by atoms with van der Waals surface area (Å²) in [4.78, 5) is 11.8. The number of hydrogen-bond donors (Lipinski definition) is 2. The largest absolute Gasteiger partial charge is 0.477 e. The van der Waals surface area contributed by atoms with Crippen molar-refractivity contribution in [3.8, 4) is 10.6 Å². The van der Waals surface area contributed by atoms with Crippen LogP contribution < -0.4 is 0 Å². The molecule has 0 aromatic carbocycles. The summed E-state index contributed by atoms with van der Waals surface area (Å²) in [6.45, 7) is 1.44. The fraction of sp³-hybridized carbons (Fsp3) is 0.200. The third kappa shape index (κ3) is 1.72. The highest BCUT2D eigenvalue weighted by Crippen LogP contribution is 2.31. The molecular weight excluding hydrogens is 230 g/mol. The van der Waals surface area contributed by atoms with Gasteiger partial charge in [-0.05, 0) is 18.4 Å². The molecule has 0 saturated carbocycles. The lowest BCUT2D eigenvalue weighted by Gasteiger charge is -1.99. The first-order valence-corrected chi connectivity index (χ1v) is 5.44. The van der Waals surface area contributed by atoms with Gasteiger partial charge in [-0.3, -0.25) is 0 Å². The van der Waals surface area contributed by atoms with Crippen LogP contribution in [0.3, 0.4) is 0 Å². The Bertz CT molecular complexity index is 501. The molecule has 2 aromatic heterocycles. The highest BCUT2D eigenvalue weighted by atomic mass is 32.1. The lowest BCUT2D eigenvalue weighted by Crippen LogP contribution is -2.03. The van der Waals surface area contributed by atoms with Gasteiger partial charge >= 0.3 is 5.97 Å². The second-order valence-corrected chi connectivity index (χ2v) is 4.18. The van der Waals surface area contributed by atoms with Crippen LogP contribution in [0.5, 0.6) is 0 Å². The summed E-state index contributed by atoms with van der Waals surface area (Å²) < 4.78 is 4.87. The van der Waals surface area contributed by atoms with Crippen molar-refractivity contribution < 1.29 is 19.5 Å². The summed E-state index contributed by atoms with van der Waals surface area (Å²) in [6.07, 6.45) is -0.993. The smallest absolute Gasteiger partial charge is 0.341 e. The fourth-order valence-electron chi connectivity index (χ4n) is 1.38. The normalized spacial score (nSPS) is 12.6. The Hall–Kier alpha value is -1.66. The van der Waals surface area contributed by atoms with Gasteiger partial charge in [-0.15, -0.1) is 11.3 Å². The van der Waals surface area contributed by atoms with Crippen LogP contribution in [0.15, 0.2) is 22.0 Å². The van der Waals surface area contributed by atoms with Crippen LogP contribution in [0.4, 0.5) is 0 Å². The van der Waals surface area contributed by atoms with Gasteiger partial charge in [-0.2, -0.15) is 0 Å². The number of aliphatic hydroxyl groups is 1. The van der Waals surface area contributed by atoms with Crippen molar-refractivity contribution in [2.75, 3.05) is 0 Å². The summed E-state index contributed by atoms with van der Waals surface area (Å²) in [5.41, 5.74) is 0.191. The van der Waals surface area contributed by atoms with E-state index in [1.165, 1.54) is 18.3 Å². The van der Waals surface area contributed by atoms with Gasteiger partial charge in [-0.25, -0.2) is 4.79 Å². The molecule has 0 radical (unpaired) electrons. The number of hydrogen-bond acceptors (Lipinski definition) is 5. The van der Waals surface area contributed by atoms with Crippen molar-refractivity contribution in [2.24, 2.45) is 0 Å². The topological polar surface area (TPSA) is 83.6 Å². The van der Waals surface area contributed by atoms with E-state index in [2.05, 4.69) is 5.16 Å². The van der Waals surface area contributed by atoms with Crippen LogP contribution in [0.25, 0.3) is 10.6 Å². The molecular formula is C10H9NO4S. The van der Waals surface area contributed by atoms with Crippen LogP contribution >= 0.6 is 11.3 Å². The van der Waals surface area contributed by atoms with E-state index in [4.69, 9.17) is 9.63 Å². The maximum Gasteiger partial charge on any atom is 0.341 e. The van der Waals surface area contributed by atoms with Gasteiger partial charge in [0.1, 0.15) is 17.4 Å². The van der Waals surface area contributed by atoms with Gasteiger partial charge in [0, 0.05) is 0 Å². The molecule has 0 aliphatic carbocycles. The summed E-state index contributed by atoms with van der Waals surface area (Å²) in [6, 6.07) is 3.54. The van der Waals surface area contributed by atoms with Gasteiger partial charge in [0.25, 0.3) is 0 Å². The van der Waals surface area contributed by atoms with Crippen molar-refractivity contribution in [3.05, 3.63) is 28.8 Å². The van der Waals surface area contributed by atoms with Crippen molar-refractivity contribution in [2.45, 2.75) is 13.0 Å². The first-order valence-electron chi connectivity index (χ1n) is 4.56. The Kier molecular flexibility index (Phi) is 2.76. The van der Waals surface area contributed by atoms with Crippen LogP contribution in [-0.2, 0) is 0 Å². The molecule has 0 spiro atoms. The van der Waals surface area contributed by atoms with E-state index in [1.807, 2.05) is 5.38 Å². The molecule has 1 unspecified atom stereocenters. The van der Waals surface area contributed by atoms with Gasteiger partial charge < -0.3 is 14.7 Å². The number of rotatable bonds is 3. The molecule has 0 aliphatic rings. The molecule has 0 bridgehead atoms.